The lowest BCUT2D eigenvalue weighted by atomic mass is 9.88. The second kappa shape index (κ2) is 8.56. The first-order valence-electron chi connectivity index (χ1n) is 9.74. The Balaban J connectivity index is 1.58. The maximum Gasteiger partial charge on any atom is 0.191 e. The third-order valence-electron chi connectivity index (χ3n) is 5.69. The molecule has 1 saturated heterocycles. The fourth-order valence-electron chi connectivity index (χ4n) is 4.24. The van der Waals surface area contributed by atoms with E-state index in [9.17, 15) is 5.11 Å². The zero-order chi connectivity index (χ0) is 17.6. The highest BCUT2D eigenvalue weighted by Crippen LogP contribution is 2.30. The molecule has 0 aromatic heterocycles. The monoisotopic (exact) mass is 344 g/mol. The summed E-state index contributed by atoms with van der Waals surface area (Å²) < 4.78 is 0. The molecule has 5 nitrogen and oxygen atoms in total. The average Bonchev–Trinajstić information content (AvgIpc) is 3.10. The topological polar surface area (TPSA) is 59.9 Å². The molecule has 1 atom stereocenters. The fraction of sp³-hybridized carbons (Fsp3) is 0.650. The van der Waals surface area contributed by atoms with Crippen molar-refractivity contribution in [1.82, 2.24) is 15.5 Å². The summed E-state index contributed by atoms with van der Waals surface area (Å²) in [6.45, 7) is 6.09. The van der Waals surface area contributed by atoms with Gasteiger partial charge < -0.3 is 15.7 Å². The van der Waals surface area contributed by atoms with E-state index in [1.807, 2.05) is 13.1 Å². The van der Waals surface area contributed by atoms with Crippen LogP contribution in [-0.4, -0.2) is 48.7 Å². The van der Waals surface area contributed by atoms with Gasteiger partial charge in [0.2, 0.25) is 0 Å². The number of hydrogen-bond acceptors (Lipinski definition) is 3. The first kappa shape index (κ1) is 18.1. The molecule has 0 radical (unpaired) electrons. The van der Waals surface area contributed by atoms with Gasteiger partial charge in [0.1, 0.15) is 5.75 Å². The van der Waals surface area contributed by atoms with Crippen LogP contribution >= 0.6 is 0 Å². The van der Waals surface area contributed by atoms with Gasteiger partial charge in [-0.25, -0.2) is 0 Å². The van der Waals surface area contributed by atoms with Crippen molar-refractivity contribution in [3.63, 3.8) is 0 Å². The number of rotatable bonds is 5. The summed E-state index contributed by atoms with van der Waals surface area (Å²) >= 11 is 0. The van der Waals surface area contributed by atoms with E-state index < -0.39 is 0 Å². The SMILES string of the molecule is CCN1CCCC1CNC(=NC)NCc1c(O)ccc2c1CCCC2. The highest BCUT2D eigenvalue weighted by Gasteiger charge is 2.23. The van der Waals surface area contributed by atoms with E-state index in [-0.39, 0.29) is 0 Å². The number of aryl methyl sites for hydroxylation is 1. The molecule has 25 heavy (non-hydrogen) atoms. The minimum absolute atomic E-state index is 0.400. The molecule has 1 aromatic rings. The summed E-state index contributed by atoms with van der Waals surface area (Å²) in [6, 6.07) is 4.52. The third kappa shape index (κ3) is 4.27. The summed E-state index contributed by atoms with van der Waals surface area (Å²) in [7, 11) is 1.81. The van der Waals surface area contributed by atoms with Crippen LogP contribution in [0.15, 0.2) is 17.1 Å². The van der Waals surface area contributed by atoms with Gasteiger partial charge in [0.05, 0.1) is 0 Å². The number of benzene rings is 1. The fourth-order valence-corrected chi connectivity index (χ4v) is 4.24. The van der Waals surface area contributed by atoms with Gasteiger partial charge in [0.15, 0.2) is 5.96 Å². The van der Waals surface area contributed by atoms with Crippen molar-refractivity contribution >= 4 is 5.96 Å². The molecule has 0 saturated carbocycles. The first-order chi connectivity index (χ1) is 12.2. The van der Waals surface area contributed by atoms with Crippen LogP contribution in [0.2, 0.25) is 0 Å². The lowest BCUT2D eigenvalue weighted by Crippen LogP contribution is -2.44. The number of aliphatic imine (C=N–C) groups is 1. The maximum atomic E-state index is 10.3. The van der Waals surface area contributed by atoms with Gasteiger partial charge >= 0.3 is 0 Å². The molecule has 1 aromatic carbocycles. The van der Waals surface area contributed by atoms with Crippen molar-refractivity contribution in [3.05, 3.63) is 28.8 Å². The Kier molecular flexibility index (Phi) is 6.19. The maximum absolute atomic E-state index is 10.3. The smallest absolute Gasteiger partial charge is 0.191 e. The van der Waals surface area contributed by atoms with E-state index in [2.05, 4.69) is 33.5 Å². The number of phenols is 1. The van der Waals surface area contributed by atoms with Crippen molar-refractivity contribution < 1.29 is 5.11 Å². The number of likely N-dealkylation sites (tertiary alicyclic amines) is 1. The van der Waals surface area contributed by atoms with Crippen LogP contribution < -0.4 is 10.6 Å². The Morgan fingerprint density at radius 1 is 1.24 bits per heavy atom. The Labute approximate surface area is 151 Å². The molecule has 0 bridgehead atoms. The third-order valence-corrected chi connectivity index (χ3v) is 5.69. The van der Waals surface area contributed by atoms with Crippen molar-refractivity contribution in [2.24, 2.45) is 4.99 Å². The average molecular weight is 345 g/mol. The number of guanidine groups is 1. The summed E-state index contributed by atoms with van der Waals surface area (Å²) in [6.07, 6.45) is 7.21. The molecule has 1 fully saturated rings. The number of phenolic OH excluding ortho intramolecular Hbond substituents is 1. The minimum Gasteiger partial charge on any atom is -0.508 e. The molecule has 138 valence electrons. The summed E-state index contributed by atoms with van der Waals surface area (Å²) in [4.78, 5) is 6.88. The molecule has 0 spiro atoms. The quantitative estimate of drug-likeness (QED) is 0.567. The van der Waals surface area contributed by atoms with Crippen LogP contribution in [0.1, 0.15) is 49.3 Å². The standard InChI is InChI=1S/C20H32N4O/c1-3-24-12-6-8-16(24)13-22-20(21-2)23-14-18-17-9-5-4-7-15(17)10-11-19(18)25/h10-11,16,25H,3-9,12-14H2,1-2H3,(H2,21,22,23). The van der Waals surface area contributed by atoms with Gasteiger partial charge in [-0.3, -0.25) is 9.89 Å². The molecule has 3 rings (SSSR count). The molecular weight excluding hydrogens is 312 g/mol. The van der Waals surface area contributed by atoms with Crippen LogP contribution in [-0.2, 0) is 19.4 Å². The Bertz CT molecular complexity index is 614. The summed E-state index contributed by atoms with van der Waals surface area (Å²) in [5, 5.41) is 17.2. The zero-order valence-electron chi connectivity index (χ0n) is 15.6. The summed E-state index contributed by atoms with van der Waals surface area (Å²) in [5.74, 6) is 1.22. The van der Waals surface area contributed by atoms with E-state index in [4.69, 9.17) is 0 Å². The van der Waals surface area contributed by atoms with Gasteiger partial charge in [-0.05, 0) is 68.8 Å². The number of fused-ring (bicyclic) bond motifs is 1. The zero-order valence-corrected chi connectivity index (χ0v) is 15.6. The Morgan fingerprint density at radius 3 is 2.88 bits per heavy atom. The molecule has 2 aliphatic rings. The predicted octanol–water partition coefficient (Wildman–Crippen LogP) is 2.42. The van der Waals surface area contributed by atoms with E-state index in [0.29, 0.717) is 18.3 Å². The van der Waals surface area contributed by atoms with Gasteiger partial charge in [-0.1, -0.05) is 13.0 Å². The van der Waals surface area contributed by atoms with Crippen LogP contribution in [0.25, 0.3) is 0 Å². The minimum atomic E-state index is 0.400. The lowest BCUT2D eigenvalue weighted by Gasteiger charge is -2.24. The van der Waals surface area contributed by atoms with E-state index in [1.165, 1.54) is 43.4 Å². The number of likely N-dealkylation sites (N-methyl/N-ethyl adjacent to an activating group) is 1. The van der Waals surface area contributed by atoms with Gasteiger partial charge in [0, 0.05) is 31.7 Å². The number of hydrogen-bond donors (Lipinski definition) is 3. The van der Waals surface area contributed by atoms with Gasteiger partial charge in [-0.15, -0.1) is 0 Å². The second-order valence-electron chi connectivity index (χ2n) is 7.14. The van der Waals surface area contributed by atoms with E-state index >= 15 is 0 Å². The van der Waals surface area contributed by atoms with Crippen molar-refractivity contribution in [3.8, 4) is 5.75 Å². The van der Waals surface area contributed by atoms with Gasteiger partial charge in [0.25, 0.3) is 0 Å². The van der Waals surface area contributed by atoms with Crippen LogP contribution in [0, 0.1) is 0 Å². The molecule has 0 amide bonds. The molecule has 5 heteroatoms. The van der Waals surface area contributed by atoms with Gasteiger partial charge in [-0.2, -0.15) is 0 Å². The van der Waals surface area contributed by atoms with Crippen LogP contribution in [0.3, 0.4) is 0 Å². The molecule has 1 heterocycles. The Morgan fingerprint density at radius 2 is 2.08 bits per heavy atom. The molecule has 1 aliphatic heterocycles. The van der Waals surface area contributed by atoms with Crippen molar-refractivity contribution in [1.29, 1.82) is 0 Å². The predicted molar refractivity (Wildman–Crippen MR) is 103 cm³/mol. The lowest BCUT2D eigenvalue weighted by molar-refractivity contribution is 0.267. The number of aromatic hydroxyl groups is 1. The number of nitrogens with one attached hydrogen (secondary N) is 2. The first-order valence-corrected chi connectivity index (χ1v) is 9.74. The van der Waals surface area contributed by atoms with Crippen molar-refractivity contribution in [2.75, 3.05) is 26.7 Å². The van der Waals surface area contributed by atoms with E-state index in [0.717, 1.165) is 37.5 Å². The van der Waals surface area contributed by atoms with E-state index in [1.54, 1.807) is 0 Å². The molecule has 1 unspecified atom stereocenters. The molecular formula is C20H32N4O. The molecule has 1 aliphatic carbocycles. The van der Waals surface area contributed by atoms with Crippen LogP contribution in [0.5, 0.6) is 5.75 Å². The highest BCUT2D eigenvalue weighted by molar-refractivity contribution is 5.79. The largest absolute Gasteiger partial charge is 0.508 e. The molecule has 3 N–H and O–H groups in total. The normalized spacial score (nSPS) is 21.2. The summed E-state index contributed by atoms with van der Waals surface area (Å²) in [5.41, 5.74) is 3.77. The van der Waals surface area contributed by atoms with Crippen molar-refractivity contribution in [2.45, 2.75) is 58.0 Å². The highest BCUT2D eigenvalue weighted by atomic mass is 16.3. The Hall–Kier alpha value is -1.75. The number of nitrogens with zero attached hydrogens (tertiary/aromatic N) is 2. The van der Waals surface area contributed by atoms with Crippen LogP contribution in [0.4, 0.5) is 0 Å². The second-order valence-corrected chi connectivity index (χ2v) is 7.14.